The fourth-order valence-corrected chi connectivity index (χ4v) is 5.67. The van der Waals surface area contributed by atoms with Crippen LogP contribution >= 0.6 is 19.4 Å². The van der Waals surface area contributed by atoms with Crippen LogP contribution in [-0.2, 0) is 18.3 Å². The normalized spacial score (nSPS) is 13.9. The molecule has 11 heteroatoms. The molecule has 0 spiro atoms. The Morgan fingerprint density at radius 3 is 1.84 bits per heavy atom. The van der Waals surface area contributed by atoms with Crippen LogP contribution in [-0.4, -0.2) is 75.6 Å². The standard InChI is InChI=1S/C33H61ClN3O6P/c1-5-6-7-8-9-10-11-12-13-14-15-16-17-18-19-20-26-41-29-32(43-44(39,40)42-27-25-37(2,3)4)28-35-33(38)36-31-23-21-30(34)22-24-31/h21-24,32H,5-20,25-29H2,1-4H3,(H2-,35,36,38,39,40)/p+1. The first-order valence-corrected chi connectivity index (χ1v) is 18.7. The Morgan fingerprint density at radius 2 is 1.34 bits per heavy atom. The van der Waals surface area contributed by atoms with E-state index in [0.717, 1.165) is 12.8 Å². The lowest BCUT2D eigenvalue weighted by molar-refractivity contribution is -0.870. The molecule has 1 rings (SSSR count). The molecule has 0 heterocycles. The Bertz CT molecular complexity index is 901. The minimum absolute atomic E-state index is 0.0262. The van der Waals surface area contributed by atoms with Crippen LogP contribution in [0.4, 0.5) is 10.5 Å². The van der Waals surface area contributed by atoms with Crippen molar-refractivity contribution < 1.29 is 32.5 Å². The lowest BCUT2D eigenvalue weighted by Gasteiger charge is -2.25. The number of hydrogen-bond donors (Lipinski definition) is 3. The van der Waals surface area contributed by atoms with E-state index in [1.165, 1.54) is 89.9 Å². The molecule has 256 valence electrons. The zero-order valence-corrected chi connectivity index (χ0v) is 29.6. The first kappa shape index (κ1) is 40.8. The van der Waals surface area contributed by atoms with Crippen molar-refractivity contribution in [3.8, 4) is 0 Å². The number of urea groups is 1. The number of anilines is 1. The van der Waals surface area contributed by atoms with Gasteiger partial charge in [-0.05, 0) is 30.7 Å². The molecule has 0 saturated heterocycles. The van der Waals surface area contributed by atoms with Gasteiger partial charge in [0.25, 0.3) is 0 Å². The average molecular weight is 663 g/mol. The number of halogens is 1. The van der Waals surface area contributed by atoms with Gasteiger partial charge in [0, 0.05) is 23.9 Å². The second-order valence-corrected chi connectivity index (χ2v) is 14.6. The average Bonchev–Trinajstić information content (AvgIpc) is 2.95. The van der Waals surface area contributed by atoms with E-state index >= 15 is 0 Å². The highest BCUT2D eigenvalue weighted by Gasteiger charge is 2.28. The minimum Gasteiger partial charge on any atom is -0.379 e. The summed E-state index contributed by atoms with van der Waals surface area (Å²) in [4.78, 5) is 22.6. The van der Waals surface area contributed by atoms with Gasteiger partial charge in [-0.2, -0.15) is 0 Å². The third kappa shape index (κ3) is 25.1. The maximum absolute atomic E-state index is 12.6. The molecule has 3 N–H and O–H groups in total. The second-order valence-electron chi connectivity index (χ2n) is 12.8. The van der Waals surface area contributed by atoms with Gasteiger partial charge in [-0.3, -0.25) is 9.05 Å². The molecule has 0 bridgehead atoms. The highest BCUT2D eigenvalue weighted by molar-refractivity contribution is 7.47. The Kier molecular flexibility index (Phi) is 23.2. The van der Waals surface area contributed by atoms with Crippen molar-refractivity contribution in [2.45, 2.75) is 116 Å². The molecular formula is C33H62ClN3O6P+. The summed E-state index contributed by atoms with van der Waals surface area (Å²) in [5.74, 6) is 0. The van der Waals surface area contributed by atoms with Gasteiger partial charge in [0.05, 0.1) is 27.7 Å². The van der Waals surface area contributed by atoms with Crippen molar-refractivity contribution in [1.82, 2.24) is 5.32 Å². The number of carbonyl (C=O) groups is 1. The van der Waals surface area contributed by atoms with E-state index < -0.39 is 20.0 Å². The van der Waals surface area contributed by atoms with Crippen LogP contribution < -0.4 is 10.6 Å². The number of unbranched alkanes of at least 4 members (excludes halogenated alkanes) is 15. The van der Waals surface area contributed by atoms with Crippen LogP contribution in [0.1, 0.15) is 110 Å². The number of phosphoric ester groups is 1. The summed E-state index contributed by atoms with van der Waals surface area (Å²) in [7, 11) is 1.55. The van der Waals surface area contributed by atoms with Crippen LogP contribution in [0.5, 0.6) is 0 Å². The molecule has 0 aliphatic heterocycles. The van der Waals surface area contributed by atoms with Crippen LogP contribution in [0.25, 0.3) is 0 Å². The number of quaternary nitrogens is 1. The largest absolute Gasteiger partial charge is 0.472 e. The van der Waals surface area contributed by atoms with E-state index in [1.807, 2.05) is 21.1 Å². The number of ether oxygens (including phenoxy) is 1. The van der Waals surface area contributed by atoms with Gasteiger partial charge in [0.15, 0.2) is 0 Å². The molecule has 2 amide bonds. The maximum Gasteiger partial charge on any atom is 0.472 e. The Labute approximate surface area is 273 Å². The fraction of sp³-hybridized carbons (Fsp3) is 0.788. The first-order chi connectivity index (χ1) is 21.0. The summed E-state index contributed by atoms with van der Waals surface area (Å²) >= 11 is 5.90. The lowest BCUT2D eigenvalue weighted by atomic mass is 10.0. The molecular weight excluding hydrogens is 601 g/mol. The zero-order valence-electron chi connectivity index (χ0n) is 28.0. The molecule has 2 unspecified atom stereocenters. The van der Waals surface area contributed by atoms with Crippen molar-refractivity contribution >= 4 is 31.1 Å². The number of hydrogen-bond acceptors (Lipinski definition) is 5. The third-order valence-electron chi connectivity index (χ3n) is 7.34. The number of carbonyl (C=O) groups excluding carboxylic acids is 1. The van der Waals surface area contributed by atoms with Gasteiger partial charge in [-0.25, -0.2) is 9.36 Å². The molecule has 0 radical (unpaired) electrons. The molecule has 0 aliphatic carbocycles. The molecule has 9 nitrogen and oxygen atoms in total. The van der Waals surface area contributed by atoms with Crippen molar-refractivity contribution in [3.63, 3.8) is 0 Å². The smallest absolute Gasteiger partial charge is 0.379 e. The fourth-order valence-electron chi connectivity index (χ4n) is 4.66. The van der Waals surface area contributed by atoms with Crippen LogP contribution in [0.3, 0.4) is 0 Å². The van der Waals surface area contributed by atoms with E-state index in [1.54, 1.807) is 24.3 Å². The van der Waals surface area contributed by atoms with E-state index in [2.05, 4.69) is 17.6 Å². The van der Waals surface area contributed by atoms with Gasteiger partial charge < -0.3 is 24.7 Å². The number of nitrogens with one attached hydrogen (secondary N) is 2. The third-order valence-corrected chi connectivity index (χ3v) is 8.66. The van der Waals surface area contributed by atoms with E-state index in [-0.39, 0.29) is 19.8 Å². The molecule has 1 aromatic carbocycles. The molecule has 1 aromatic rings. The zero-order chi connectivity index (χ0) is 32.5. The summed E-state index contributed by atoms with van der Waals surface area (Å²) in [6.45, 7) is 3.42. The summed E-state index contributed by atoms with van der Waals surface area (Å²) in [6, 6.07) is 6.23. The highest BCUT2D eigenvalue weighted by Crippen LogP contribution is 2.44. The number of nitrogens with zero attached hydrogens (tertiary/aromatic N) is 1. The molecule has 44 heavy (non-hydrogen) atoms. The topological polar surface area (TPSA) is 106 Å². The van der Waals surface area contributed by atoms with Crippen molar-refractivity contribution in [1.29, 1.82) is 0 Å². The molecule has 0 saturated carbocycles. The number of amides is 2. The number of phosphoric acid groups is 1. The van der Waals surface area contributed by atoms with Gasteiger partial charge in [0.1, 0.15) is 19.3 Å². The van der Waals surface area contributed by atoms with Crippen molar-refractivity contribution in [2.75, 3.05) is 59.4 Å². The first-order valence-electron chi connectivity index (χ1n) is 16.8. The van der Waals surface area contributed by atoms with Crippen LogP contribution in [0.15, 0.2) is 24.3 Å². The predicted molar refractivity (Wildman–Crippen MR) is 182 cm³/mol. The summed E-state index contributed by atoms with van der Waals surface area (Å²) in [6.07, 6.45) is 20.0. The van der Waals surface area contributed by atoms with E-state index in [4.69, 9.17) is 25.4 Å². The van der Waals surface area contributed by atoms with Gasteiger partial charge in [-0.1, -0.05) is 115 Å². The Morgan fingerprint density at radius 1 is 0.841 bits per heavy atom. The molecule has 0 aromatic heterocycles. The highest BCUT2D eigenvalue weighted by atomic mass is 35.5. The summed E-state index contributed by atoms with van der Waals surface area (Å²) < 4.78 is 29.5. The quantitative estimate of drug-likeness (QED) is 0.0470. The molecule has 2 atom stereocenters. The maximum atomic E-state index is 12.6. The number of rotatable bonds is 28. The number of likely N-dealkylation sites (N-methyl/N-ethyl adjacent to an activating group) is 1. The number of benzene rings is 1. The van der Waals surface area contributed by atoms with Crippen LogP contribution in [0.2, 0.25) is 5.02 Å². The summed E-state index contributed by atoms with van der Waals surface area (Å²) in [5.41, 5.74) is 0.570. The Balaban J connectivity index is 2.25. The minimum atomic E-state index is -4.34. The second kappa shape index (κ2) is 25.0. The van der Waals surface area contributed by atoms with Crippen molar-refractivity contribution in [2.24, 2.45) is 0 Å². The van der Waals surface area contributed by atoms with E-state index in [9.17, 15) is 14.3 Å². The predicted octanol–water partition coefficient (Wildman–Crippen LogP) is 8.95. The monoisotopic (exact) mass is 662 g/mol. The van der Waals surface area contributed by atoms with Crippen molar-refractivity contribution in [3.05, 3.63) is 29.3 Å². The summed E-state index contributed by atoms with van der Waals surface area (Å²) in [5, 5.41) is 5.94. The van der Waals surface area contributed by atoms with Gasteiger partial charge >= 0.3 is 13.9 Å². The van der Waals surface area contributed by atoms with Gasteiger partial charge in [-0.15, -0.1) is 0 Å². The SMILES string of the molecule is CCCCCCCCCCCCCCCCCCOCC(CNC(=O)Nc1ccc(Cl)cc1)OP(=O)(O)OCC[N+](C)(C)C. The van der Waals surface area contributed by atoms with Crippen LogP contribution in [0, 0.1) is 0 Å². The van der Waals surface area contributed by atoms with E-state index in [0.29, 0.717) is 28.3 Å². The molecule has 0 aliphatic rings. The van der Waals surface area contributed by atoms with Gasteiger partial charge in [0.2, 0.25) is 0 Å². The molecule has 0 fully saturated rings. The lowest BCUT2D eigenvalue weighted by Crippen LogP contribution is -2.39. The Hall–Kier alpha value is -1.19.